The molecule has 0 saturated heterocycles. The third-order valence-corrected chi connectivity index (χ3v) is 2.24. The average Bonchev–Trinajstić information content (AvgIpc) is 2.67. The van der Waals surface area contributed by atoms with E-state index in [0.29, 0.717) is 0 Å². The Morgan fingerprint density at radius 3 is 2.60 bits per heavy atom. The molecule has 1 aromatic heterocycles. The molecule has 0 aromatic carbocycles. The number of carboxylic acid groups (broad SMARTS) is 1. The van der Waals surface area contributed by atoms with Gasteiger partial charge in [-0.3, -0.25) is 9.59 Å². The quantitative estimate of drug-likeness (QED) is 0.775. The van der Waals surface area contributed by atoms with Gasteiger partial charge in [-0.25, -0.2) is 0 Å². The molecule has 1 heterocycles. The van der Waals surface area contributed by atoms with Crippen molar-refractivity contribution in [2.75, 3.05) is 5.32 Å². The molecular weight excluding hydrogens is 200 g/mol. The van der Waals surface area contributed by atoms with Crippen molar-refractivity contribution in [3.8, 4) is 0 Å². The van der Waals surface area contributed by atoms with Gasteiger partial charge in [-0.15, -0.1) is 0 Å². The summed E-state index contributed by atoms with van der Waals surface area (Å²) >= 11 is 0. The van der Waals surface area contributed by atoms with Crippen LogP contribution in [0.5, 0.6) is 0 Å². The molecule has 2 atom stereocenters. The van der Waals surface area contributed by atoms with Crippen LogP contribution in [0.15, 0.2) is 16.9 Å². The van der Waals surface area contributed by atoms with Crippen LogP contribution in [0.3, 0.4) is 0 Å². The summed E-state index contributed by atoms with van der Waals surface area (Å²) in [7, 11) is 0. The third kappa shape index (κ3) is 2.80. The van der Waals surface area contributed by atoms with Gasteiger partial charge in [-0.2, -0.15) is 0 Å². The number of amides is 1. The molecule has 0 aliphatic heterocycles. The zero-order valence-electron chi connectivity index (χ0n) is 8.43. The van der Waals surface area contributed by atoms with Crippen LogP contribution in [0.2, 0.25) is 0 Å². The number of nitrogens with zero attached hydrogens (tertiary/aromatic N) is 1. The predicted molar refractivity (Wildman–Crippen MR) is 51.1 cm³/mol. The van der Waals surface area contributed by atoms with Gasteiger partial charge >= 0.3 is 5.97 Å². The van der Waals surface area contributed by atoms with Crippen LogP contribution in [-0.4, -0.2) is 22.1 Å². The van der Waals surface area contributed by atoms with E-state index in [-0.39, 0.29) is 11.7 Å². The van der Waals surface area contributed by atoms with Gasteiger partial charge in [0.2, 0.25) is 5.91 Å². The highest BCUT2D eigenvalue weighted by Crippen LogP contribution is 2.13. The molecule has 1 amide bonds. The van der Waals surface area contributed by atoms with E-state index in [1.807, 2.05) is 0 Å². The lowest BCUT2D eigenvalue weighted by Gasteiger charge is -2.14. The van der Waals surface area contributed by atoms with Crippen LogP contribution in [-0.2, 0) is 9.59 Å². The second-order valence-electron chi connectivity index (χ2n) is 3.29. The van der Waals surface area contributed by atoms with E-state index in [9.17, 15) is 9.59 Å². The molecule has 6 heteroatoms. The fourth-order valence-corrected chi connectivity index (χ4v) is 0.958. The Morgan fingerprint density at radius 1 is 1.47 bits per heavy atom. The van der Waals surface area contributed by atoms with Crippen LogP contribution in [0.25, 0.3) is 0 Å². The van der Waals surface area contributed by atoms with Crippen LogP contribution < -0.4 is 5.32 Å². The maximum Gasteiger partial charge on any atom is 0.307 e. The molecule has 15 heavy (non-hydrogen) atoms. The van der Waals surface area contributed by atoms with E-state index >= 15 is 0 Å². The zero-order valence-corrected chi connectivity index (χ0v) is 8.43. The third-order valence-electron chi connectivity index (χ3n) is 2.24. The van der Waals surface area contributed by atoms with Crippen LogP contribution in [0.1, 0.15) is 13.8 Å². The van der Waals surface area contributed by atoms with Crippen LogP contribution in [0.4, 0.5) is 5.82 Å². The first-order valence-electron chi connectivity index (χ1n) is 4.46. The summed E-state index contributed by atoms with van der Waals surface area (Å²) in [6.07, 6.45) is 1.32. The molecule has 0 aliphatic rings. The Balaban J connectivity index is 2.57. The molecule has 0 bridgehead atoms. The summed E-state index contributed by atoms with van der Waals surface area (Å²) in [6, 6.07) is 1.48. The van der Waals surface area contributed by atoms with Gasteiger partial charge in [-0.1, -0.05) is 19.0 Å². The molecule has 0 spiro atoms. The number of nitrogens with one attached hydrogen (secondary N) is 1. The fourth-order valence-electron chi connectivity index (χ4n) is 0.958. The zero-order chi connectivity index (χ0) is 11.4. The van der Waals surface area contributed by atoms with Crippen molar-refractivity contribution in [2.45, 2.75) is 13.8 Å². The van der Waals surface area contributed by atoms with Crippen molar-refractivity contribution < 1.29 is 19.2 Å². The van der Waals surface area contributed by atoms with Crippen molar-refractivity contribution in [3.63, 3.8) is 0 Å². The largest absolute Gasteiger partial charge is 0.481 e. The number of rotatable bonds is 4. The second-order valence-corrected chi connectivity index (χ2v) is 3.29. The topological polar surface area (TPSA) is 92.4 Å². The molecule has 2 N–H and O–H groups in total. The minimum Gasteiger partial charge on any atom is -0.481 e. The first kappa shape index (κ1) is 11.2. The lowest BCUT2D eigenvalue weighted by Crippen LogP contribution is -2.30. The minimum atomic E-state index is -1.00. The number of aromatic nitrogens is 1. The lowest BCUT2D eigenvalue weighted by molar-refractivity contribution is -0.145. The predicted octanol–water partition coefficient (Wildman–Crippen LogP) is 0.970. The molecule has 1 aromatic rings. The number of hydrogen-bond acceptors (Lipinski definition) is 4. The van der Waals surface area contributed by atoms with Gasteiger partial charge in [-0.05, 0) is 0 Å². The van der Waals surface area contributed by atoms with Gasteiger partial charge < -0.3 is 14.9 Å². The molecule has 0 aliphatic carbocycles. The molecule has 1 rings (SSSR count). The van der Waals surface area contributed by atoms with Gasteiger partial charge in [0, 0.05) is 12.0 Å². The maximum atomic E-state index is 11.5. The molecule has 0 saturated carbocycles. The Kier molecular flexibility index (Phi) is 3.43. The van der Waals surface area contributed by atoms with Gasteiger partial charge in [0.15, 0.2) is 5.82 Å². The molecule has 2 unspecified atom stereocenters. The van der Waals surface area contributed by atoms with Crippen molar-refractivity contribution >= 4 is 17.7 Å². The van der Waals surface area contributed by atoms with Crippen molar-refractivity contribution in [1.82, 2.24) is 5.16 Å². The minimum absolute atomic E-state index is 0.282. The monoisotopic (exact) mass is 212 g/mol. The van der Waals surface area contributed by atoms with E-state index in [0.717, 1.165) is 0 Å². The molecule has 0 radical (unpaired) electrons. The highest BCUT2D eigenvalue weighted by molar-refractivity contribution is 5.93. The standard InChI is InChI=1S/C9H12N2O4/c1-5(6(2)9(13)14)8(12)10-7-3-4-15-11-7/h3-6H,1-2H3,(H,13,14)(H,10,11,12). The van der Waals surface area contributed by atoms with E-state index in [4.69, 9.17) is 5.11 Å². The van der Waals surface area contributed by atoms with Crippen molar-refractivity contribution in [3.05, 3.63) is 12.3 Å². The van der Waals surface area contributed by atoms with E-state index in [2.05, 4.69) is 15.0 Å². The smallest absolute Gasteiger partial charge is 0.307 e. The number of carbonyl (C=O) groups excluding carboxylic acids is 1. The molecule has 6 nitrogen and oxygen atoms in total. The summed E-state index contributed by atoms with van der Waals surface area (Å²) in [5, 5.41) is 14.7. The first-order chi connectivity index (χ1) is 7.02. The highest BCUT2D eigenvalue weighted by Gasteiger charge is 2.26. The fraction of sp³-hybridized carbons (Fsp3) is 0.444. The Bertz CT molecular complexity index is 347. The van der Waals surface area contributed by atoms with Gasteiger partial charge in [0.25, 0.3) is 0 Å². The highest BCUT2D eigenvalue weighted by atomic mass is 16.5. The van der Waals surface area contributed by atoms with Crippen LogP contribution in [0, 0.1) is 11.8 Å². The summed E-state index contributed by atoms with van der Waals surface area (Å²) in [5.41, 5.74) is 0. The number of carboxylic acids is 1. The number of aliphatic carboxylic acids is 1. The molecular formula is C9H12N2O4. The van der Waals surface area contributed by atoms with Gasteiger partial charge in [0.1, 0.15) is 6.26 Å². The Hall–Kier alpha value is -1.85. The van der Waals surface area contributed by atoms with Crippen molar-refractivity contribution in [2.24, 2.45) is 11.8 Å². The van der Waals surface area contributed by atoms with Gasteiger partial charge in [0.05, 0.1) is 5.92 Å². The normalized spacial score (nSPS) is 14.3. The Morgan fingerprint density at radius 2 is 2.13 bits per heavy atom. The number of hydrogen-bond donors (Lipinski definition) is 2. The summed E-state index contributed by atoms with van der Waals surface area (Å²) in [6.45, 7) is 3.03. The van der Waals surface area contributed by atoms with E-state index in [1.165, 1.54) is 19.3 Å². The summed E-state index contributed by atoms with van der Waals surface area (Å²) < 4.78 is 4.52. The van der Waals surface area contributed by atoms with Crippen molar-refractivity contribution in [1.29, 1.82) is 0 Å². The lowest BCUT2D eigenvalue weighted by atomic mass is 9.95. The summed E-state index contributed by atoms with van der Waals surface area (Å²) in [4.78, 5) is 22.1. The van der Waals surface area contributed by atoms with E-state index < -0.39 is 17.8 Å². The summed E-state index contributed by atoms with van der Waals surface area (Å²) in [5.74, 6) is -2.47. The number of anilines is 1. The number of carbonyl (C=O) groups is 2. The van der Waals surface area contributed by atoms with E-state index in [1.54, 1.807) is 6.92 Å². The molecule has 82 valence electrons. The molecule has 0 fully saturated rings. The second kappa shape index (κ2) is 4.59. The first-order valence-corrected chi connectivity index (χ1v) is 4.46. The van der Waals surface area contributed by atoms with Crippen LogP contribution >= 0.6 is 0 Å². The average molecular weight is 212 g/mol. The maximum absolute atomic E-state index is 11.5. The SMILES string of the molecule is CC(C(=O)O)C(C)C(=O)Nc1ccon1. The Labute approximate surface area is 86.3 Å².